The van der Waals surface area contributed by atoms with E-state index in [4.69, 9.17) is 16.3 Å². The summed E-state index contributed by atoms with van der Waals surface area (Å²) in [5, 5.41) is 20.7. The standard InChI is InChI=1S/C36H32ClFN2O7/c1-36-24(33(44)40(35(36)46)19-8-13-26(38)25(37)16-19)17-23-21(31(36)30-27(42)4-3-5-28(30)47-2)11-12-22-29(23)34(45)39(32(22)43)15-14-18-6-9-20(41)10-7-18/h3-11,13,16,22-24,29,31,41-42H,12,14-15,17H2,1-2H3/t22-,23+,24-,29-,31+,36+/m0/s1. The van der Waals surface area contributed by atoms with Crippen molar-refractivity contribution in [2.24, 2.45) is 29.1 Å². The van der Waals surface area contributed by atoms with E-state index in [1.807, 2.05) is 6.08 Å². The molecule has 3 aromatic rings. The molecule has 0 unspecified atom stereocenters. The summed E-state index contributed by atoms with van der Waals surface area (Å²) < 4.78 is 19.8. The number of anilines is 1. The Morgan fingerprint density at radius 2 is 1.72 bits per heavy atom. The average Bonchev–Trinajstić information content (AvgIpc) is 3.41. The third kappa shape index (κ3) is 4.56. The van der Waals surface area contributed by atoms with E-state index in [-0.39, 0.29) is 53.4 Å². The van der Waals surface area contributed by atoms with Crippen LogP contribution in [0.4, 0.5) is 10.1 Å². The fourth-order valence-electron chi connectivity index (χ4n) is 8.38. The zero-order valence-corrected chi connectivity index (χ0v) is 26.4. The molecule has 0 bridgehead atoms. The minimum absolute atomic E-state index is 0.118. The summed E-state index contributed by atoms with van der Waals surface area (Å²) in [6, 6.07) is 15.0. The lowest BCUT2D eigenvalue weighted by atomic mass is 9.51. The number of phenols is 2. The van der Waals surface area contributed by atoms with Crippen molar-refractivity contribution in [3.8, 4) is 17.2 Å². The van der Waals surface area contributed by atoms with Gasteiger partial charge in [-0.25, -0.2) is 9.29 Å². The number of rotatable bonds is 6. The normalized spacial score (nSPS) is 28.3. The fourth-order valence-corrected chi connectivity index (χ4v) is 8.56. The van der Waals surface area contributed by atoms with Crippen molar-refractivity contribution in [3.63, 3.8) is 0 Å². The number of fused-ring (bicyclic) bond motifs is 4. The lowest BCUT2D eigenvalue weighted by molar-refractivity contribution is -0.140. The maximum atomic E-state index is 14.5. The van der Waals surface area contributed by atoms with Gasteiger partial charge in [-0.15, -0.1) is 0 Å². The van der Waals surface area contributed by atoms with Crippen molar-refractivity contribution < 1.29 is 38.5 Å². The highest BCUT2D eigenvalue weighted by atomic mass is 35.5. The molecule has 2 aliphatic carbocycles. The number of nitrogens with zero attached hydrogens (tertiary/aromatic N) is 2. The molecule has 0 radical (unpaired) electrons. The molecule has 6 atom stereocenters. The lowest BCUT2D eigenvalue weighted by Crippen LogP contribution is -2.49. The van der Waals surface area contributed by atoms with Crippen LogP contribution in [0.2, 0.25) is 5.02 Å². The molecule has 3 aromatic carbocycles. The van der Waals surface area contributed by atoms with Gasteiger partial charge >= 0.3 is 0 Å². The van der Waals surface area contributed by atoms with Crippen molar-refractivity contribution >= 4 is 40.9 Å². The molecule has 9 nitrogen and oxygen atoms in total. The van der Waals surface area contributed by atoms with Crippen LogP contribution in [-0.4, -0.2) is 52.4 Å². The number of hydrogen-bond donors (Lipinski definition) is 2. The van der Waals surface area contributed by atoms with Crippen LogP contribution < -0.4 is 9.64 Å². The smallest absolute Gasteiger partial charge is 0.241 e. The van der Waals surface area contributed by atoms with Gasteiger partial charge in [0, 0.05) is 18.0 Å². The first-order valence-corrected chi connectivity index (χ1v) is 15.9. The lowest BCUT2D eigenvalue weighted by Gasteiger charge is -2.49. The highest BCUT2D eigenvalue weighted by Gasteiger charge is 2.68. The molecule has 2 N–H and O–H groups in total. The van der Waals surface area contributed by atoms with E-state index in [1.54, 1.807) is 43.3 Å². The van der Waals surface area contributed by atoms with Crippen LogP contribution in [0.3, 0.4) is 0 Å². The number of allylic oxidation sites excluding steroid dienone is 2. The number of halogens is 2. The molecule has 3 fully saturated rings. The molecule has 2 aliphatic heterocycles. The number of imide groups is 2. The van der Waals surface area contributed by atoms with Crippen LogP contribution >= 0.6 is 11.6 Å². The first kappa shape index (κ1) is 30.9. The first-order chi connectivity index (χ1) is 22.5. The van der Waals surface area contributed by atoms with Gasteiger partial charge in [0.15, 0.2) is 0 Å². The van der Waals surface area contributed by atoms with Gasteiger partial charge in [0.2, 0.25) is 23.6 Å². The molecular weight excluding hydrogens is 627 g/mol. The number of phenolic OH excluding ortho intramolecular Hbond substituents is 2. The summed E-state index contributed by atoms with van der Waals surface area (Å²) >= 11 is 6.07. The highest BCUT2D eigenvalue weighted by molar-refractivity contribution is 6.31. The highest BCUT2D eigenvalue weighted by Crippen LogP contribution is 2.65. The first-order valence-electron chi connectivity index (χ1n) is 15.5. The van der Waals surface area contributed by atoms with E-state index in [2.05, 4.69) is 0 Å². The Balaban J connectivity index is 1.32. The Hall–Kier alpha value is -4.70. The number of benzene rings is 3. The van der Waals surface area contributed by atoms with Gasteiger partial charge < -0.3 is 14.9 Å². The maximum absolute atomic E-state index is 14.5. The van der Waals surface area contributed by atoms with Crippen molar-refractivity contribution in [2.75, 3.05) is 18.6 Å². The van der Waals surface area contributed by atoms with Crippen molar-refractivity contribution in [3.05, 3.63) is 94.3 Å². The van der Waals surface area contributed by atoms with Crippen LogP contribution in [-0.2, 0) is 25.6 Å². The van der Waals surface area contributed by atoms with E-state index in [9.17, 15) is 33.8 Å². The molecule has 0 aromatic heterocycles. The van der Waals surface area contributed by atoms with E-state index in [0.29, 0.717) is 23.3 Å². The van der Waals surface area contributed by atoms with Gasteiger partial charge in [-0.2, -0.15) is 0 Å². The minimum atomic E-state index is -1.43. The molecule has 47 heavy (non-hydrogen) atoms. The second-order valence-corrected chi connectivity index (χ2v) is 13.3. The molecule has 2 saturated heterocycles. The second kappa shape index (κ2) is 11.2. The van der Waals surface area contributed by atoms with Crippen LogP contribution in [0.25, 0.3) is 0 Å². The molecular formula is C36H32ClFN2O7. The van der Waals surface area contributed by atoms with Crippen molar-refractivity contribution in [1.82, 2.24) is 4.90 Å². The van der Waals surface area contributed by atoms with E-state index >= 15 is 0 Å². The maximum Gasteiger partial charge on any atom is 0.241 e. The number of carbonyl (C=O) groups is 4. The monoisotopic (exact) mass is 658 g/mol. The summed E-state index contributed by atoms with van der Waals surface area (Å²) in [5.41, 5.74) is 0.564. The zero-order chi connectivity index (χ0) is 33.4. The van der Waals surface area contributed by atoms with Crippen LogP contribution in [0, 0.1) is 34.9 Å². The van der Waals surface area contributed by atoms with Gasteiger partial charge in [-0.1, -0.05) is 41.4 Å². The summed E-state index contributed by atoms with van der Waals surface area (Å²) in [7, 11) is 1.45. The van der Waals surface area contributed by atoms with Gasteiger partial charge in [-0.05, 0) is 80.1 Å². The van der Waals surface area contributed by atoms with Gasteiger partial charge in [0.25, 0.3) is 0 Å². The van der Waals surface area contributed by atoms with Gasteiger partial charge in [0.05, 0.1) is 41.0 Å². The van der Waals surface area contributed by atoms with Crippen LogP contribution in [0.1, 0.15) is 36.8 Å². The molecule has 2 heterocycles. The molecule has 0 spiro atoms. The molecule has 7 rings (SSSR count). The second-order valence-electron chi connectivity index (χ2n) is 12.9. The summed E-state index contributed by atoms with van der Waals surface area (Å²) in [5.74, 6) is -5.88. The third-order valence-corrected chi connectivity index (χ3v) is 10.9. The summed E-state index contributed by atoms with van der Waals surface area (Å²) in [6.45, 7) is 1.85. The van der Waals surface area contributed by atoms with Gasteiger partial charge in [-0.3, -0.25) is 24.1 Å². The Labute approximate surface area is 275 Å². The molecule has 4 amide bonds. The van der Waals surface area contributed by atoms with E-state index < -0.39 is 52.6 Å². The molecule has 1 saturated carbocycles. The number of aromatic hydroxyl groups is 2. The quantitative estimate of drug-likeness (QED) is 0.270. The average molecular weight is 659 g/mol. The van der Waals surface area contributed by atoms with Crippen LogP contribution in [0.5, 0.6) is 17.2 Å². The number of ether oxygens (including phenoxy) is 1. The topological polar surface area (TPSA) is 124 Å². The Morgan fingerprint density at radius 3 is 2.43 bits per heavy atom. The number of likely N-dealkylation sites (tertiary alicyclic amines) is 1. The summed E-state index contributed by atoms with van der Waals surface area (Å²) in [4.78, 5) is 59.0. The SMILES string of the molecule is COc1cccc(O)c1[C@H]1C2=CC[C@@H]3C(=O)N(CCc4ccc(O)cc4)C(=O)[C@@H]3[C@@H]2C[C@H]2C(=O)N(c3ccc(F)c(Cl)c3)C(=O)[C@@]12C. The van der Waals surface area contributed by atoms with E-state index in [1.165, 1.54) is 30.2 Å². The van der Waals surface area contributed by atoms with E-state index in [0.717, 1.165) is 16.5 Å². The van der Waals surface area contributed by atoms with Crippen molar-refractivity contribution in [1.29, 1.82) is 0 Å². The van der Waals surface area contributed by atoms with Crippen LogP contribution in [0.15, 0.2) is 72.3 Å². The zero-order valence-electron chi connectivity index (χ0n) is 25.7. The largest absolute Gasteiger partial charge is 0.508 e. The molecule has 242 valence electrons. The number of carbonyl (C=O) groups excluding carboxylic acids is 4. The number of hydrogen-bond acceptors (Lipinski definition) is 7. The minimum Gasteiger partial charge on any atom is -0.508 e. The predicted molar refractivity (Wildman–Crippen MR) is 169 cm³/mol. The number of methoxy groups -OCH3 is 1. The molecule has 4 aliphatic rings. The molecule has 11 heteroatoms. The Morgan fingerprint density at radius 1 is 0.979 bits per heavy atom. The third-order valence-electron chi connectivity index (χ3n) is 10.6. The summed E-state index contributed by atoms with van der Waals surface area (Å²) in [6.07, 6.45) is 2.68. The predicted octanol–water partition coefficient (Wildman–Crippen LogP) is 5.37. The fraction of sp³-hybridized carbons (Fsp3) is 0.333. The number of amides is 4. The van der Waals surface area contributed by atoms with Crippen molar-refractivity contribution in [2.45, 2.75) is 32.1 Å². The Bertz CT molecular complexity index is 1880. The Kier molecular flexibility index (Phi) is 7.39. The van der Waals surface area contributed by atoms with Gasteiger partial charge in [0.1, 0.15) is 23.1 Å².